The topological polar surface area (TPSA) is 62.7 Å². The Morgan fingerprint density at radius 3 is 2.18 bits per heavy atom. The highest BCUT2D eigenvalue weighted by atomic mass is 19.1. The molecule has 3 aromatic rings. The molecule has 4 rings (SSSR count). The highest BCUT2D eigenvalue weighted by molar-refractivity contribution is 5.69. The minimum Gasteiger partial charge on any atom is -0.446 e. The molecule has 1 fully saturated rings. The van der Waals surface area contributed by atoms with Crippen LogP contribution in [-0.4, -0.2) is 39.3 Å². The van der Waals surface area contributed by atoms with Gasteiger partial charge in [-0.1, -0.05) is 60.7 Å². The average Bonchev–Trinajstić information content (AvgIpc) is 2.80. The second-order valence-electron chi connectivity index (χ2n) is 8.82. The molecule has 1 aliphatic heterocycles. The number of amides is 1. The first kappa shape index (κ1) is 24.4. The molecule has 1 amide bonds. The lowest BCUT2D eigenvalue weighted by Gasteiger charge is -2.37. The van der Waals surface area contributed by atoms with E-state index in [2.05, 4.69) is 4.98 Å². The SMILES string of the molecule is CC(c1ccc(-c2ccc(F)cn2)cc1)N1CCC(CC(C)(C)O)OC1=O.c1ccccc1. The van der Waals surface area contributed by atoms with Crippen molar-refractivity contribution in [3.63, 3.8) is 0 Å². The van der Waals surface area contributed by atoms with Crippen molar-refractivity contribution in [3.8, 4) is 11.3 Å². The van der Waals surface area contributed by atoms with Crippen LogP contribution in [0.2, 0.25) is 0 Å². The van der Waals surface area contributed by atoms with Crippen molar-refractivity contribution in [2.45, 2.75) is 51.4 Å². The van der Waals surface area contributed by atoms with Gasteiger partial charge in [0.1, 0.15) is 11.9 Å². The van der Waals surface area contributed by atoms with Crippen molar-refractivity contribution in [1.82, 2.24) is 9.88 Å². The van der Waals surface area contributed by atoms with Gasteiger partial charge < -0.3 is 14.7 Å². The van der Waals surface area contributed by atoms with Crippen molar-refractivity contribution >= 4 is 6.09 Å². The predicted molar refractivity (Wildman–Crippen MR) is 127 cm³/mol. The molecule has 0 saturated carbocycles. The predicted octanol–water partition coefficient (Wildman–Crippen LogP) is 6.01. The largest absolute Gasteiger partial charge is 0.446 e. The van der Waals surface area contributed by atoms with Crippen molar-refractivity contribution < 1.29 is 19.0 Å². The van der Waals surface area contributed by atoms with Gasteiger partial charge >= 0.3 is 6.09 Å². The van der Waals surface area contributed by atoms with Gasteiger partial charge in [-0.05, 0) is 38.5 Å². The van der Waals surface area contributed by atoms with Crippen LogP contribution >= 0.6 is 0 Å². The Balaban J connectivity index is 0.000000442. The molecular weight excluding hydrogens is 419 g/mol. The summed E-state index contributed by atoms with van der Waals surface area (Å²) < 4.78 is 18.5. The van der Waals surface area contributed by atoms with Crippen LogP contribution in [0.25, 0.3) is 11.3 Å². The standard InChI is InChI=1S/C21H25FN2O3.C6H6/c1-14(24-11-10-18(27-20(24)25)12-21(2,3)26)15-4-6-16(7-5-15)19-9-8-17(22)13-23-19;1-2-4-6-5-3-1/h4-9,13-14,18,26H,10-12H2,1-3H3;1-6H. The van der Waals surface area contributed by atoms with E-state index in [9.17, 15) is 14.3 Å². The molecule has 0 aliphatic carbocycles. The summed E-state index contributed by atoms with van der Waals surface area (Å²) in [6.07, 6.45) is 1.71. The summed E-state index contributed by atoms with van der Waals surface area (Å²) in [6, 6.07) is 22.6. The Bertz CT molecular complexity index is 976. The molecule has 33 heavy (non-hydrogen) atoms. The van der Waals surface area contributed by atoms with E-state index in [1.54, 1.807) is 24.8 Å². The number of ether oxygens (including phenoxy) is 1. The second-order valence-corrected chi connectivity index (χ2v) is 8.82. The van der Waals surface area contributed by atoms with Crippen LogP contribution in [0.1, 0.15) is 45.2 Å². The third kappa shape index (κ3) is 7.39. The number of rotatable bonds is 5. The van der Waals surface area contributed by atoms with Crippen LogP contribution in [0.4, 0.5) is 9.18 Å². The van der Waals surface area contributed by atoms with E-state index in [4.69, 9.17) is 4.74 Å². The normalized spacial score (nSPS) is 16.9. The lowest BCUT2D eigenvalue weighted by molar-refractivity contribution is -0.0309. The van der Waals surface area contributed by atoms with Gasteiger partial charge in [0.15, 0.2) is 0 Å². The van der Waals surface area contributed by atoms with Crippen molar-refractivity contribution in [1.29, 1.82) is 0 Å². The number of hydrogen-bond donors (Lipinski definition) is 1. The van der Waals surface area contributed by atoms with Crippen molar-refractivity contribution in [2.24, 2.45) is 0 Å². The molecule has 2 aromatic carbocycles. The molecule has 2 atom stereocenters. The molecule has 2 heterocycles. The summed E-state index contributed by atoms with van der Waals surface area (Å²) in [4.78, 5) is 18.2. The van der Waals surface area contributed by atoms with Crippen molar-refractivity contribution in [3.05, 3.63) is 90.4 Å². The maximum Gasteiger partial charge on any atom is 0.410 e. The molecule has 1 aliphatic rings. The first-order chi connectivity index (χ1) is 15.7. The minimum atomic E-state index is -0.858. The molecule has 0 radical (unpaired) electrons. The van der Waals surface area contributed by atoms with Crippen LogP contribution in [0.3, 0.4) is 0 Å². The van der Waals surface area contributed by atoms with Crippen LogP contribution in [0.15, 0.2) is 79.0 Å². The lowest BCUT2D eigenvalue weighted by Crippen LogP contribution is -2.45. The first-order valence-corrected chi connectivity index (χ1v) is 11.1. The number of nitrogens with zero attached hydrogens (tertiary/aromatic N) is 2. The minimum absolute atomic E-state index is 0.129. The number of aromatic nitrogens is 1. The van der Waals surface area contributed by atoms with E-state index in [-0.39, 0.29) is 24.1 Å². The molecule has 0 bridgehead atoms. The highest BCUT2D eigenvalue weighted by Gasteiger charge is 2.33. The quantitative estimate of drug-likeness (QED) is 0.517. The van der Waals surface area contributed by atoms with Gasteiger partial charge in [-0.2, -0.15) is 0 Å². The zero-order valence-electron chi connectivity index (χ0n) is 19.3. The average molecular weight is 451 g/mol. The van der Waals surface area contributed by atoms with E-state index in [0.717, 1.165) is 11.1 Å². The number of benzene rings is 2. The summed E-state index contributed by atoms with van der Waals surface area (Å²) in [5.41, 5.74) is 1.71. The molecule has 1 aromatic heterocycles. The van der Waals surface area contributed by atoms with Gasteiger partial charge in [-0.3, -0.25) is 4.98 Å². The Morgan fingerprint density at radius 2 is 1.70 bits per heavy atom. The van der Waals surface area contributed by atoms with Gasteiger partial charge in [0.05, 0.1) is 23.5 Å². The lowest BCUT2D eigenvalue weighted by atomic mass is 9.97. The highest BCUT2D eigenvalue weighted by Crippen LogP contribution is 2.29. The van der Waals surface area contributed by atoms with Gasteiger partial charge in [-0.15, -0.1) is 0 Å². The summed E-state index contributed by atoms with van der Waals surface area (Å²) in [6.45, 7) is 5.98. The van der Waals surface area contributed by atoms with Crippen LogP contribution in [0, 0.1) is 5.82 Å². The van der Waals surface area contributed by atoms with Crippen LogP contribution < -0.4 is 0 Å². The number of cyclic esters (lactones) is 1. The Labute approximate surface area is 194 Å². The fraction of sp³-hybridized carbons (Fsp3) is 0.333. The Hall–Kier alpha value is -3.25. The summed E-state index contributed by atoms with van der Waals surface area (Å²) >= 11 is 0. The summed E-state index contributed by atoms with van der Waals surface area (Å²) in [5.74, 6) is -0.365. The molecule has 2 unspecified atom stereocenters. The van der Waals surface area contributed by atoms with Gasteiger partial charge in [0, 0.05) is 24.9 Å². The van der Waals surface area contributed by atoms with E-state index in [1.807, 2.05) is 67.6 Å². The first-order valence-electron chi connectivity index (χ1n) is 11.1. The zero-order valence-corrected chi connectivity index (χ0v) is 19.3. The Morgan fingerprint density at radius 1 is 1.09 bits per heavy atom. The monoisotopic (exact) mass is 450 g/mol. The molecule has 0 spiro atoms. The van der Waals surface area contributed by atoms with E-state index < -0.39 is 5.60 Å². The van der Waals surface area contributed by atoms with E-state index in [1.165, 1.54) is 12.3 Å². The number of carbonyl (C=O) groups is 1. The molecule has 6 heteroatoms. The van der Waals surface area contributed by atoms with Crippen LogP contribution in [0.5, 0.6) is 0 Å². The third-order valence-corrected chi connectivity index (χ3v) is 5.47. The maximum absolute atomic E-state index is 13.0. The third-order valence-electron chi connectivity index (χ3n) is 5.47. The van der Waals surface area contributed by atoms with E-state index in [0.29, 0.717) is 25.1 Å². The number of hydrogen-bond acceptors (Lipinski definition) is 4. The summed E-state index contributed by atoms with van der Waals surface area (Å²) in [7, 11) is 0. The maximum atomic E-state index is 13.0. The number of pyridine rings is 1. The molecule has 5 nitrogen and oxygen atoms in total. The van der Waals surface area contributed by atoms with Crippen LogP contribution in [-0.2, 0) is 4.74 Å². The number of halogens is 1. The molecular formula is C27H31FN2O3. The van der Waals surface area contributed by atoms with E-state index >= 15 is 0 Å². The number of aliphatic hydroxyl groups is 1. The van der Waals surface area contributed by atoms with Gasteiger partial charge in [-0.25, -0.2) is 9.18 Å². The number of carbonyl (C=O) groups excluding carboxylic acids is 1. The molecule has 1 saturated heterocycles. The fourth-order valence-electron chi connectivity index (χ4n) is 3.74. The van der Waals surface area contributed by atoms with Gasteiger partial charge in [0.25, 0.3) is 0 Å². The zero-order chi connectivity index (χ0) is 23.8. The van der Waals surface area contributed by atoms with Crippen molar-refractivity contribution in [2.75, 3.05) is 6.54 Å². The fourth-order valence-corrected chi connectivity index (χ4v) is 3.74. The smallest absolute Gasteiger partial charge is 0.410 e. The summed E-state index contributed by atoms with van der Waals surface area (Å²) in [5, 5.41) is 9.91. The Kier molecular flexibility index (Phi) is 8.17. The molecule has 174 valence electrons. The molecule has 1 N–H and O–H groups in total. The second kappa shape index (κ2) is 11.1. The van der Waals surface area contributed by atoms with Gasteiger partial charge in [0.2, 0.25) is 0 Å².